The van der Waals surface area contributed by atoms with Crippen LogP contribution >= 0.6 is 7.82 Å². The van der Waals surface area contributed by atoms with Crippen LogP contribution in [-0.2, 0) is 32.7 Å². The van der Waals surface area contributed by atoms with Gasteiger partial charge in [-0.05, 0) is 77.0 Å². The lowest BCUT2D eigenvalue weighted by molar-refractivity contribution is -0.870. The summed E-state index contributed by atoms with van der Waals surface area (Å²) in [6.45, 7) is 4.29. The first-order valence-electron chi connectivity index (χ1n) is 27.5. The number of quaternary nitrogens is 1. The zero-order valence-corrected chi connectivity index (χ0v) is 45.7. The van der Waals surface area contributed by atoms with E-state index in [9.17, 15) is 19.0 Å². The summed E-state index contributed by atoms with van der Waals surface area (Å²) in [6.07, 6.45) is 67.7. The van der Waals surface area contributed by atoms with Crippen molar-refractivity contribution in [3.63, 3.8) is 0 Å². The molecule has 2 unspecified atom stereocenters. The number of carbonyl (C=O) groups excluding carboxylic acids is 2. The van der Waals surface area contributed by atoms with Gasteiger partial charge in [-0.25, -0.2) is 4.57 Å². The standard InChI is InChI=1S/C59H102NO8P/c1-6-8-10-12-14-16-18-19-20-21-22-23-24-25-26-27-28-29-30-31-32-33-34-35-36-37-38-39-40-41-42-44-46-48-50-52-59(62)68-57(56-67-69(63,64)66-54-53-60(3,4)5)55-65-58(61)51-49-47-45-43-17-15-13-11-9-7-2/h8,10,14,16,19-20,22-23,25-26,28-29,31-32,34-35,57H,6-7,9,11-13,15,17-18,21,24,27,30,33,36-56H2,1-5H3/p+1/b10-8-,16-14-,20-19-,23-22-,26-25-,29-28-,32-31-,35-34-. The first kappa shape index (κ1) is 65.9. The van der Waals surface area contributed by atoms with E-state index in [0.717, 1.165) is 96.3 Å². The number of phosphoric acid groups is 1. The van der Waals surface area contributed by atoms with Crippen molar-refractivity contribution in [3.8, 4) is 0 Å². The molecule has 0 aliphatic carbocycles. The van der Waals surface area contributed by atoms with Crippen LogP contribution in [0, 0.1) is 0 Å². The van der Waals surface area contributed by atoms with Crippen LogP contribution in [0.3, 0.4) is 0 Å². The molecule has 0 bridgehead atoms. The number of carbonyl (C=O) groups is 2. The van der Waals surface area contributed by atoms with Crippen LogP contribution < -0.4 is 0 Å². The third kappa shape index (κ3) is 54.1. The lowest BCUT2D eigenvalue weighted by atomic mass is 10.0. The second-order valence-electron chi connectivity index (χ2n) is 19.2. The number of hydrogen-bond acceptors (Lipinski definition) is 7. The van der Waals surface area contributed by atoms with E-state index < -0.39 is 26.5 Å². The van der Waals surface area contributed by atoms with E-state index in [-0.39, 0.29) is 32.0 Å². The van der Waals surface area contributed by atoms with Gasteiger partial charge in [0, 0.05) is 12.8 Å². The molecule has 0 heterocycles. The Hall–Kier alpha value is -3.07. The van der Waals surface area contributed by atoms with E-state index in [1.165, 1.54) is 83.5 Å². The molecule has 0 fully saturated rings. The average molecular weight is 985 g/mol. The van der Waals surface area contributed by atoms with Gasteiger partial charge in [0.2, 0.25) is 0 Å². The van der Waals surface area contributed by atoms with Gasteiger partial charge in [0.15, 0.2) is 6.10 Å². The predicted molar refractivity (Wildman–Crippen MR) is 293 cm³/mol. The molecule has 9 nitrogen and oxygen atoms in total. The lowest BCUT2D eigenvalue weighted by Gasteiger charge is -2.24. The normalized spacial score (nSPS) is 14.1. The summed E-state index contributed by atoms with van der Waals surface area (Å²) in [6, 6.07) is 0. The summed E-state index contributed by atoms with van der Waals surface area (Å²) >= 11 is 0. The first-order valence-corrected chi connectivity index (χ1v) is 29.0. The fourth-order valence-corrected chi connectivity index (χ4v) is 7.89. The van der Waals surface area contributed by atoms with E-state index >= 15 is 0 Å². The molecule has 396 valence electrons. The fourth-order valence-electron chi connectivity index (χ4n) is 7.15. The number of phosphoric ester groups is 1. The van der Waals surface area contributed by atoms with Crippen LogP contribution in [0.5, 0.6) is 0 Å². The van der Waals surface area contributed by atoms with Gasteiger partial charge in [-0.2, -0.15) is 0 Å². The summed E-state index contributed by atoms with van der Waals surface area (Å²) in [7, 11) is 1.47. The van der Waals surface area contributed by atoms with Gasteiger partial charge in [-0.3, -0.25) is 18.6 Å². The molecule has 0 aromatic rings. The molecule has 0 saturated heterocycles. The second kappa shape index (κ2) is 49.9. The smallest absolute Gasteiger partial charge is 0.462 e. The lowest BCUT2D eigenvalue weighted by Crippen LogP contribution is -2.37. The van der Waals surface area contributed by atoms with Crippen molar-refractivity contribution >= 4 is 19.8 Å². The summed E-state index contributed by atoms with van der Waals surface area (Å²) in [5, 5.41) is 0. The van der Waals surface area contributed by atoms with Crippen LogP contribution in [0.4, 0.5) is 0 Å². The summed E-state index contributed by atoms with van der Waals surface area (Å²) in [4.78, 5) is 35.5. The predicted octanol–water partition coefficient (Wildman–Crippen LogP) is 16.9. The Morgan fingerprint density at radius 2 is 0.826 bits per heavy atom. The van der Waals surface area contributed by atoms with Gasteiger partial charge >= 0.3 is 19.8 Å². The number of unbranched alkanes of at least 4 members (excludes halogenated alkanes) is 19. The highest BCUT2D eigenvalue weighted by molar-refractivity contribution is 7.47. The number of ether oxygens (including phenoxy) is 2. The molecule has 10 heteroatoms. The van der Waals surface area contributed by atoms with Crippen molar-refractivity contribution in [2.24, 2.45) is 0 Å². The van der Waals surface area contributed by atoms with Crippen LogP contribution in [0.25, 0.3) is 0 Å². The molecule has 69 heavy (non-hydrogen) atoms. The largest absolute Gasteiger partial charge is 0.472 e. The van der Waals surface area contributed by atoms with Crippen molar-refractivity contribution in [3.05, 3.63) is 97.2 Å². The van der Waals surface area contributed by atoms with E-state index in [1.807, 2.05) is 21.1 Å². The summed E-state index contributed by atoms with van der Waals surface area (Å²) in [5.41, 5.74) is 0. The fraction of sp³-hybridized carbons (Fsp3) is 0.695. The molecule has 2 atom stereocenters. The Labute approximate surface area is 423 Å². The van der Waals surface area contributed by atoms with Gasteiger partial charge in [0.05, 0.1) is 27.7 Å². The highest BCUT2D eigenvalue weighted by atomic mass is 31.2. The molecule has 0 spiro atoms. The van der Waals surface area contributed by atoms with Crippen molar-refractivity contribution in [1.82, 2.24) is 0 Å². The number of rotatable bonds is 49. The van der Waals surface area contributed by atoms with Gasteiger partial charge in [-0.15, -0.1) is 0 Å². The molecule has 0 aromatic carbocycles. The minimum Gasteiger partial charge on any atom is -0.462 e. The maximum absolute atomic E-state index is 12.8. The molecule has 0 radical (unpaired) electrons. The molecule has 0 aromatic heterocycles. The average Bonchev–Trinajstić information content (AvgIpc) is 3.31. The Morgan fingerprint density at radius 3 is 1.23 bits per heavy atom. The maximum Gasteiger partial charge on any atom is 0.472 e. The summed E-state index contributed by atoms with van der Waals surface area (Å²) < 4.78 is 34.4. The first-order chi connectivity index (χ1) is 33.5. The Morgan fingerprint density at radius 1 is 0.464 bits per heavy atom. The van der Waals surface area contributed by atoms with Crippen molar-refractivity contribution in [2.75, 3.05) is 47.5 Å². The van der Waals surface area contributed by atoms with Crippen LogP contribution in [0.1, 0.15) is 213 Å². The Kier molecular flexibility index (Phi) is 47.7. The molecular weight excluding hydrogens is 882 g/mol. The molecular formula is C59H103NO8P+. The molecule has 0 aliphatic rings. The highest BCUT2D eigenvalue weighted by Crippen LogP contribution is 2.43. The van der Waals surface area contributed by atoms with E-state index in [2.05, 4.69) is 111 Å². The summed E-state index contributed by atoms with van der Waals surface area (Å²) in [5.74, 6) is -0.807. The highest BCUT2D eigenvalue weighted by Gasteiger charge is 2.27. The van der Waals surface area contributed by atoms with E-state index in [0.29, 0.717) is 17.4 Å². The quantitative estimate of drug-likeness (QED) is 0.0211. The SMILES string of the molecule is CC/C=C\C/C=C\C/C=C\C/C=C\C/C=C\C/C=C\C/C=C\C/C=C\CCCCCCCCCCCCC(=O)OC(COC(=O)CCCCCCCCCCCC)COP(=O)(O)OCC[N+](C)(C)C. The molecule has 0 amide bonds. The zero-order valence-electron chi connectivity index (χ0n) is 44.8. The number of nitrogens with zero attached hydrogens (tertiary/aromatic N) is 1. The number of esters is 2. The van der Waals surface area contributed by atoms with Crippen LogP contribution in [-0.4, -0.2) is 74.9 Å². The van der Waals surface area contributed by atoms with Crippen LogP contribution in [0.2, 0.25) is 0 Å². The second-order valence-corrected chi connectivity index (χ2v) is 20.7. The maximum atomic E-state index is 12.8. The molecule has 0 saturated carbocycles. The number of hydrogen-bond donors (Lipinski definition) is 1. The Bertz CT molecular complexity index is 1490. The third-order valence-electron chi connectivity index (χ3n) is 11.4. The number of likely N-dealkylation sites (N-methyl/N-ethyl adjacent to an activating group) is 1. The third-order valence-corrected chi connectivity index (χ3v) is 12.4. The number of allylic oxidation sites excluding steroid dienone is 16. The zero-order chi connectivity index (χ0) is 50.6. The van der Waals surface area contributed by atoms with Crippen LogP contribution in [0.15, 0.2) is 97.2 Å². The molecule has 0 aliphatic heterocycles. The minimum atomic E-state index is -4.38. The van der Waals surface area contributed by atoms with Gasteiger partial charge in [0.1, 0.15) is 19.8 Å². The van der Waals surface area contributed by atoms with Crippen molar-refractivity contribution < 1.29 is 42.1 Å². The molecule has 1 N–H and O–H groups in total. The monoisotopic (exact) mass is 985 g/mol. The van der Waals surface area contributed by atoms with Crippen molar-refractivity contribution in [1.29, 1.82) is 0 Å². The minimum absolute atomic E-state index is 0.0280. The van der Waals surface area contributed by atoms with Crippen molar-refractivity contribution in [2.45, 2.75) is 219 Å². The molecule has 0 rings (SSSR count). The topological polar surface area (TPSA) is 108 Å². The van der Waals surface area contributed by atoms with E-state index in [1.54, 1.807) is 0 Å². The van der Waals surface area contributed by atoms with Gasteiger partial charge in [-0.1, -0.05) is 220 Å². The van der Waals surface area contributed by atoms with Gasteiger partial charge < -0.3 is 18.9 Å². The van der Waals surface area contributed by atoms with E-state index in [4.69, 9.17) is 18.5 Å². The Balaban J connectivity index is 4.08. The van der Waals surface area contributed by atoms with Gasteiger partial charge in [0.25, 0.3) is 0 Å².